The van der Waals surface area contributed by atoms with Gasteiger partial charge in [0.05, 0.1) is 4.88 Å². The summed E-state index contributed by atoms with van der Waals surface area (Å²) in [6, 6.07) is 9.93. The monoisotopic (exact) mass is 256 g/mol. The topological polar surface area (TPSA) is 56.7 Å². The molecule has 0 amide bonds. The van der Waals surface area contributed by atoms with Crippen molar-refractivity contribution in [2.75, 3.05) is 5.73 Å². The van der Waals surface area contributed by atoms with Crippen LogP contribution in [0, 0.1) is 0 Å². The Morgan fingerprint density at radius 2 is 1.94 bits per heavy atom. The maximum Gasteiger partial charge on any atom is 0.191 e. The van der Waals surface area contributed by atoms with Gasteiger partial charge in [-0.3, -0.25) is 4.68 Å². The van der Waals surface area contributed by atoms with Gasteiger partial charge in [-0.2, -0.15) is 5.10 Å². The highest BCUT2D eigenvalue weighted by molar-refractivity contribution is 7.14. The van der Waals surface area contributed by atoms with E-state index in [0.717, 1.165) is 27.5 Å². The van der Waals surface area contributed by atoms with Gasteiger partial charge in [0, 0.05) is 18.3 Å². The number of nitrogens with zero attached hydrogens (tertiary/aromatic N) is 3. The molecule has 0 aliphatic heterocycles. The number of rotatable bonds is 2. The van der Waals surface area contributed by atoms with E-state index in [4.69, 9.17) is 5.73 Å². The number of nitrogens with two attached hydrogens (primary N) is 1. The van der Waals surface area contributed by atoms with E-state index in [1.54, 1.807) is 22.3 Å². The van der Waals surface area contributed by atoms with Crippen molar-refractivity contribution >= 4 is 17.0 Å². The first-order valence-corrected chi connectivity index (χ1v) is 6.41. The first-order chi connectivity index (χ1) is 8.74. The summed E-state index contributed by atoms with van der Waals surface area (Å²) in [4.78, 5) is 5.38. The van der Waals surface area contributed by atoms with Crippen LogP contribution in [-0.4, -0.2) is 14.8 Å². The molecule has 2 heterocycles. The Hall–Kier alpha value is -2.14. The summed E-state index contributed by atoms with van der Waals surface area (Å²) in [7, 11) is 1.87. The second-order valence-corrected chi connectivity index (χ2v) is 4.94. The zero-order valence-corrected chi connectivity index (χ0v) is 10.7. The molecule has 3 rings (SSSR count). The summed E-state index contributed by atoms with van der Waals surface area (Å²) in [5.74, 6) is 0.763. The van der Waals surface area contributed by atoms with Gasteiger partial charge in [0.25, 0.3) is 0 Å². The van der Waals surface area contributed by atoms with E-state index in [1.807, 2.05) is 31.3 Å². The second kappa shape index (κ2) is 4.27. The Balaban J connectivity index is 2.09. The van der Waals surface area contributed by atoms with E-state index >= 15 is 0 Å². The van der Waals surface area contributed by atoms with E-state index in [9.17, 15) is 0 Å². The minimum atomic E-state index is 0.763. The molecule has 2 N–H and O–H groups in total. The zero-order chi connectivity index (χ0) is 12.5. The van der Waals surface area contributed by atoms with Crippen LogP contribution in [-0.2, 0) is 7.05 Å². The average Bonchev–Trinajstić information content (AvgIpc) is 2.98. The van der Waals surface area contributed by atoms with Gasteiger partial charge >= 0.3 is 0 Å². The van der Waals surface area contributed by atoms with Gasteiger partial charge in [-0.05, 0) is 29.1 Å². The smallest absolute Gasteiger partial charge is 0.191 e. The van der Waals surface area contributed by atoms with Crippen LogP contribution in [0.25, 0.3) is 21.8 Å². The van der Waals surface area contributed by atoms with Crippen LogP contribution in [0.5, 0.6) is 0 Å². The fourth-order valence-electron chi connectivity index (χ4n) is 1.82. The first kappa shape index (κ1) is 11.0. The molecule has 0 aliphatic carbocycles. The van der Waals surface area contributed by atoms with Gasteiger partial charge in [0.2, 0.25) is 0 Å². The molecule has 0 radical (unpaired) electrons. The van der Waals surface area contributed by atoms with Crippen molar-refractivity contribution < 1.29 is 0 Å². The number of hydrogen-bond acceptors (Lipinski definition) is 4. The van der Waals surface area contributed by atoms with Gasteiger partial charge in [-0.25, -0.2) is 4.98 Å². The van der Waals surface area contributed by atoms with Crippen molar-refractivity contribution in [3.63, 3.8) is 0 Å². The first-order valence-electron chi connectivity index (χ1n) is 5.53. The van der Waals surface area contributed by atoms with E-state index in [2.05, 4.69) is 21.5 Å². The number of benzene rings is 1. The normalized spacial score (nSPS) is 10.7. The molecule has 4 nitrogen and oxygen atoms in total. The average molecular weight is 256 g/mol. The fraction of sp³-hybridized carbons (Fsp3) is 0.0769. The number of nitrogen functional groups attached to an aromatic ring is 1. The SMILES string of the molecule is Cn1cnc(-c2sccc2-c2ccc(N)cc2)n1. The molecule has 0 saturated carbocycles. The summed E-state index contributed by atoms with van der Waals surface area (Å²) in [5.41, 5.74) is 8.75. The maximum absolute atomic E-state index is 5.71. The van der Waals surface area contributed by atoms with Crippen LogP contribution in [0.15, 0.2) is 42.0 Å². The van der Waals surface area contributed by atoms with Crippen LogP contribution in [0.2, 0.25) is 0 Å². The number of thiophene rings is 1. The van der Waals surface area contributed by atoms with Gasteiger partial charge in [0.1, 0.15) is 6.33 Å². The molecule has 0 spiro atoms. The van der Waals surface area contributed by atoms with Crippen LogP contribution >= 0.6 is 11.3 Å². The highest BCUT2D eigenvalue weighted by Gasteiger charge is 2.12. The summed E-state index contributed by atoms with van der Waals surface area (Å²) in [6.45, 7) is 0. The third-order valence-corrected chi connectivity index (χ3v) is 3.60. The lowest BCUT2D eigenvalue weighted by Crippen LogP contribution is -1.88. The van der Waals surface area contributed by atoms with Gasteiger partial charge < -0.3 is 5.73 Å². The van der Waals surface area contributed by atoms with E-state index in [1.165, 1.54) is 0 Å². The van der Waals surface area contributed by atoms with Crippen LogP contribution in [0.4, 0.5) is 5.69 Å². The number of aryl methyl sites for hydroxylation is 1. The van der Waals surface area contributed by atoms with Crippen molar-refractivity contribution in [1.29, 1.82) is 0 Å². The molecule has 0 fully saturated rings. The third-order valence-electron chi connectivity index (χ3n) is 2.69. The van der Waals surface area contributed by atoms with Crippen molar-refractivity contribution in [2.24, 2.45) is 7.05 Å². The van der Waals surface area contributed by atoms with E-state index in [-0.39, 0.29) is 0 Å². The molecule has 0 unspecified atom stereocenters. The molecule has 1 aromatic carbocycles. The largest absolute Gasteiger partial charge is 0.399 e. The Morgan fingerprint density at radius 3 is 2.61 bits per heavy atom. The molecular weight excluding hydrogens is 244 g/mol. The molecule has 2 aromatic heterocycles. The van der Waals surface area contributed by atoms with Crippen LogP contribution < -0.4 is 5.73 Å². The predicted octanol–water partition coefficient (Wildman–Crippen LogP) is 2.79. The Bertz CT molecular complexity index is 666. The Morgan fingerprint density at radius 1 is 1.17 bits per heavy atom. The number of anilines is 1. The predicted molar refractivity (Wildman–Crippen MR) is 74.2 cm³/mol. The molecule has 0 saturated heterocycles. The molecule has 18 heavy (non-hydrogen) atoms. The molecule has 3 aromatic rings. The highest BCUT2D eigenvalue weighted by Crippen LogP contribution is 2.35. The Kier molecular flexibility index (Phi) is 2.60. The van der Waals surface area contributed by atoms with E-state index in [0.29, 0.717) is 0 Å². The van der Waals surface area contributed by atoms with Crippen molar-refractivity contribution in [3.8, 4) is 21.8 Å². The van der Waals surface area contributed by atoms with Gasteiger partial charge in [0.15, 0.2) is 5.82 Å². The number of aromatic nitrogens is 3. The molecule has 5 heteroatoms. The zero-order valence-electron chi connectivity index (χ0n) is 9.87. The lowest BCUT2D eigenvalue weighted by molar-refractivity contribution is 0.768. The molecule has 0 aliphatic rings. The highest BCUT2D eigenvalue weighted by atomic mass is 32.1. The quantitative estimate of drug-likeness (QED) is 0.717. The second-order valence-electron chi connectivity index (χ2n) is 4.03. The summed E-state index contributed by atoms with van der Waals surface area (Å²) >= 11 is 1.65. The Labute approximate surface area is 109 Å². The lowest BCUT2D eigenvalue weighted by atomic mass is 10.1. The summed E-state index contributed by atoms with van der Waals surface area (Å²) in [5, 5.41) is 6.40. The minimum absolute atomic E-state index is 0.763. The van der Waals surface area contributed by atoms with Crippen LogP contribution in [0.1, 0.15) is 0 Å². The van der Waals surface area contributed by atoms with Gasteiger partial charge in [-0.1, -0.05) is 12.1 Å². The summed E-state index contributed by atoms with van der Waals surface area (Å²) in [6.07, 6.45) is 1.71. The van der Waals surface area contributed by atoms with Crippen molar-refractivity contribution in [1.82, 2.24) is 14.8 Å². The summed E-state index contributed by atoms with van der Waals surface area (Å²) < 4.78 is 1.71. The van der Waals surface area contributed by atoms with E-state index < -0.39 is 0 Å². The van der Waals surface area contributed by atoms with Gasteiger partial charge in [-0.15, -0.1) is 11.3 Å². The van der Waals surface area contributed by atoms with Crippen LogP contribution in [0.3, 0.4) is 0 Å². The molecule has 0 atom stereocenters. The standard InChI is InChI=1S/C13H12N4S/c1-17-8-15-13(16-17)12-11(6-7-18-12)9-2-4-10(14)5-3-9/h2-8H,14H2,1H3. The third kappa shape index (κ3) is 1.89. The molecule has 90 valence electrons. The molecular formula is C13H12N4S. The molecule has 0 bridgehead atoms. The maximum atomic E-state index is 5.71. The number of hydrogen-bond donors (Lipinski definition) is 1. The fourth-order valence-corrected chi connectivity index (χ4v) is 2.67. The van der Waals surface area contributed by atoms with Crippen molar-refractivity contribution in [3.05, 3.63) is 42.0 Å². The lowest BCUT2D eigenvalue weighted by Gasteiger charge is -2.01. The minimum Gasteiger partial charge on any atom is -0.399 e. The van der Waals surface area contributed by atoms with Crippen molar-refractivity contribution in [2.45, 2.75) is 0 Å².